The van der Waals surface area contributed by atoms with Crippen molar-refractivity contribution >= 4 is 30.2 Å². The van der Waals surface area contributed by atoms with E-state index in [9.17, 15) is 0 Å². The summed E-state index contributed by atoms with van der Waals surface area (Å²) in [5.41, 5.74) is 1.05. The third-order valence-electron chi connectivity index (χ3n) is 2.91. The van der Waals surface area contributed by atoms with Gasteiger partial charge in [-0.05, 0) is 42.6 Å². The summed E-state index contributed by atoms with van der Waals surface area (Å²) in [4.78, 5) is 1.24. The predicted octanol–water partition coefficient (Wildman–Crippen LogP) is 3.89. The molecular weight excluding hydrogens is 288 g/mol. The van der Waals surface area contributed by atoms with Crippen LogP contribution in [0.25, 0.3) is 0 Å². The first kappa shape index (κ1) is 15.0. The first-order chi connectivity index (χ1) is 9.74. The van der Waals surface area contributed by atoms with Gasteiger partial charge in [0.05, 0.1) is 6.21 Å². The number of aromatic amines is 1. The molecule has 2 aromatic rings. The van der Waals surface area contributed by atoms with E-state index in [4.69, 9.17) is 12.2 Å². The second-order valence-electron chi connectivity index (χ2n) is 4.38. The van der Waals surface area contributed by atoms with Gasteiger partial charge in [-0.15, -0.1) is 11.8 Å². The lowest BCUT2D eigenvalue weighted by molar-refractivity contribution is 0.700. The van der Waals surface area contributed by atoms with E-state index in [-0.39, 0.29) is 0 Å². The van der Waals surface area contributed by atoms with Crippen molar-refractivity contribution < 1.29 is 0 Å². The molecule has 106 valence electrons. The summed E-state index contributed by atoms with van der Waals surface area (Å²) >= 11 is 6.93. The van der Waals surface area contributed by atoms with Crippen molar-refractivity contribution in [3.05, 3.63) is 40.4 Å². The van der Waals surface area contributed by atoms with E-state index in [0.29, 0.717) is 4.77 Å². The van der Waals surface area contributed by atoms with Crippen LogP contribution in [-0.2, 0) is 6.42 Å². The lowest BCUT2D eigenvalue weighted by Gasteiger charge is -2.00. The molecular formula is C14H18N4S2. The topological polar surface area (TPSA) is 46.0 Å². The minimum atomic E-state index is 0.535. The summed E-state index contributed by atoms with van der Waals surface area (Å²) in [6.07, 6.45) is 6.96. The van der Waals surface area contributed by atoms with Gasteiger partial charge in [0.15, 0.2) is 5.82 Å². The Morgan fingerprint density at radius 1 is 1.40 bits per heavy atom. The molecule has 4 nitrogen and oxygen atoms in total. The van der Waals surface area contributed by atoms with Crippen LogP contribution in [0, 0.1) is 4.77 Å². The number of thioether (sulfide) groups is 1. The first-order valence-electron chi connectivity index (χ1n) is 6.59. The van der Waals surface area contributed by atoms with Gasteiger partial charge in [-0.2, -0.15) is 14.9 Å². The quantitative estimate of drug-likeness (QED) is 0.500. The molecule has 6 heteroatoms. The highest BCUT2D eigenvalue weighted by Gasteiger charge is 2.03. The molecule has 0 unspecified atom stereocenters. The highest BCUT2D eigenvalue weighted by molar-refractivity contribution is 7.98. The lowest BCUT2D eigenvalue weighted by atomic mass is 10.2. The average Bonchev–Trinajstić information content (AvgIpc) is 2.84. The number of rotatable bonds is 6. The van der Waals surface area contributed by atoms with Crippen molar-refractivity contribution in [2.24, 2.45) is 5.10 Å². The Morgan fingerprint density at radius 2 is 2.15 bits per heavy atom. The molecule has 20 heavy (non-hydrogen) atoms. The molecule has 0 fully saturated rings. The summed E-state index contributed by atoms with van der Waals surface area (Å²) in [5.74, 6) is 0.883. The van der Waals surface area contributed by atoms with Crippen molar-refractivity contribution in [2.45, 2.75) is 31.1 Å². The molecule has 1 heterocycles. The molecule has 0 aliphatic heterocycles. The van der Waals surface area contributed by atoms with Crippen LogP contribution < -0.4 is 0 Å². The third-order valence-corrected chi connectivity index (χ3v) is 3.92. The van der Waals surface area contributed by atoms with Gasteiger partial charge < -0.3 is 0 Å². The number of nitrogens with zero attached hydrogens (tertiary/aromatic N) is 3. The van der Waals surface area contributed by atoms with Crippen LogP contribution in [-0.4, -0.2) is 27.3 Å². The van der Waals surface area contributed by atoms with Gasteiger partial charge in [0, 0.05) is 11.3 Å². The van der Waals surface area contributed by atoms with Crippen LogP contribution in [0.5, 0.6) is 0 Å². The zero-order valence-corrected chi connectivity index (χ0v) is 13.3. The molecule has 0 saturated carbocycles. The molecule has 0 amide bonds. The maximum absolute atomic E-state index is 5.21. The molecule has 2 rings (SSSR count). The monoisotopic (exact) mass is 306 g/mol. The normalized spacial score (nSPS) is 11.3. The largest absolute Gasteiger partial charge is 0.250 e. The zero-order valence-electron chi connectivity index (χ0n) is 11.7. The van der Waals surface area contributed by atoms with E-state index in [1.165, 1.54) is 4.90 Å². The Bertz CT molecular complexity index is 625. The van der Waals surface area contributed by atoms with Crippen molar-refractivity contribution in [3.63, 3.8) is 0 Å². The Hall–Kier alpha value is -1.40. The fourth-order valence-corrected chi connectivity index (χ4v) is 2.36. The van der Waals surface area contributed by atoms with Gasteiger partial charge in [-0.1, -0.05) is 25.5 Å². The molecule has 1 aromatic heterocycles. The zero-order chi connectivity index (χ0) is 14.4. The van der Waals surface area contributed by atoms with E-state index in [0.717, 1.165) is 30.7 Å². The van der Waals surface area contributed by atoms with Crippen molar-refractivity contribution in [1.29, 1.82) is 0 Å². The maximum Gasteiger partial charge on any atom is 0.216 e. The molecule has 1 N–H and O–H groups in total. The lowest BCUT2D eigenvalue weighted by Crippen LogP contribution is -1.99. The van der Waals surface area contributed by atoms with Gasteiger partial charge in [-0.3, -0.25) is 5.10 Å². The second-order valence-corrected chi connectivity index (χ2v) is 5.64. The predicted molar refractivity (Wildman–Crippen MR) is 87.2 cm³/mol. The van der Waals surface area contributed by atoms with E-state index >= 15 is 0 Å². The van der Waals surface area contributed by atoms with Gasteiger partial charge in [-0.25, -0.2) is 0 Å². The molecule has 1 aromatic carbocycles. The molecule has 0 aliphatic rings. The van der Waals surface area contributed by atoms with Crippen molar-refractivity contribution in [2.75, 3.05) is 6.26 Å². The third kappa shape index (κ3) is 3.80. The van der Waals surface area contributed by atoms with Gasteiger partial charge in [0.2, 0.25) is 4.77 Å². The summed E-state index contributed by atoms with van der Waals surface area (Å²) in [6, 6.07) is 8.26. The number of H-pyrrole nitrogens is 1. The van der Waals surface area contributed by atoms with Gasteiger partial charge in [0.1, 0.15) is 0 Å². The van der Waals surface area contributed by atoms with Crippen LogP contribution in [0.4, 0.5) is 0 Å². The van der Waals surface area contributed by atoms with Crippen LogP contribution >= 0.6 is 24.0 Å². The molecule has 0 spiro atoms. The van der Waals surface area contributed by atoms with Crippen LogP contribution in [0.3, 0.4) is 0 Å². The maximum atomic E-state index is 5.21. The first-order valence-corrected chi connectivity index (χ1v) is 8.22. The van der Waals surface area contributed by atoms with Crippen molar-refractivity contribution in [1.82, 2.24) is 14.9 Å². The minimum Gasteiger partial charge on any atom is -0.250 e. The number of hydrogen-bond acceptors (Lipinski definition) is 4. The number of hydrogen-bond donors (Lipinski definition) is 1. The summed E-state index contributed by atoms with van der Waals surface area (Å²) in [7, 11) is 0. The number of nitrogens with one attached hydrogen (secondary N) is 1. The molecule has 0 bridgehead atoms. The number of unbranched alkanes of at least 4 members (excludes halogenated alkanes) is 1. The summed E-state index contributed by atoms with van der Waals surface area (Å²) in [5, 5.41) is 11.5. The number of benzene rings is 1. The van der Waals surface area contributed by atoms with E-state index in [1.807, 2.05) is 18.3 Å². The van der Waals surface area contributed by atoms with Gasteiger partial charge >= 0.3 is 0 Å². The van der Waals surface area contributed by atoms with E-state index < -0.39 is 0 Å². The van der Waals surface area contributed by atoms with E-state index in [1.54, 1.807) is 16.4 Å². The second kappa shape index (κ2) is 7.40. The highest BCUT2D eigenvalue weighted by atomic mass is 32.2. The molecule has 0 saturated heterocycles. The van der Waals surface area contributed by atoms with Crippen molar-refractivity contribution in [3.8, 4) is 0 Å². The minimum absolute atomic E-state index is 0.535. The number of aryl methyl sites for hydroxylation is 1. The number of aromatic nitrogens is 3. The van der Waals surface area contributed by atoms with Crippen LogP contribution in [0.15, 0.2) is 34.3 Å². The summed E-state index contributed by atoms with van der Waals surface area (Å²) < 4.78 is 2.24. The fourth-order valence-electron chi connectivity index (χ4n) is 1.75. The smallest absolute Gasteiger partial charge is 0.216 e. The molecule has 0 aliphatic carbocycles. The van der Waals surface area contributed by atoms with E-state index in [2.05, 4.69) is 40.6 Å². The standard InChI is InChI=1S/C14H18N4S2/c1-3-4-5-13-16-17-14(19)18(13)15-10-11-6-8-12(20-2)9-7-11/h6-10H,3-5H2,1-2H3,(H,17,19)/b15-10+. The average molecular weight is 306 g/mol. The summed E-state index contributed by atoms with van der Waals surface area (Å²) in [6.45, 7) is 2.15. The Morgan fingerprint density at radius 3 is 2.80 bits per heavy atom. The molecule has 0 atom stereocenters. The Kier molecular flexibility index (Phi) is 5.55. The molecule has 0 radical (unpaired) electrons. The highest BCUT2D eigenvalue weighted by Crippen LogP contribution is 2.14. The Balaban J connectivity index is 2.17. The fraction of sp³-hybridized carbons (Fsp3) is 0.357. The Labute approximate surface area is 128 Å². The van der Waals surface area contributed by atoms with Crippen LogP contribution in [0.2, 0.25) is 0 Å². The van der Waals surface area contributed by atoms with Gasteiger partial charge in [0.25, 0.3) is 0 Å². The SMILES string of the molecule is CCCCc1n[nH]c(=S)n1/N=C/c1ccc(SC)cc1. The van der Waals surface area contributed by atoms with Crippen LogP contribution in [0.1, 0.15) is 31.2 Å².